The minimum absolute atomic E-state index is 0.0893. The van der Waals surface area contributed by atoms with Crippen molar-refractivity contribution in [3.8, 4) is 0 Å². The average Bonchev–Trinajstić information content (AvgIpc) is 3.14. The van der Waals surface area contributed by atoms with Gasteiger partial charge in [-0.1, -0.05) is 18.3 Å². The molecule has 2 aliphatic heterocycles. The van der Waals surface area contributed by atoms with Crippen molar-refractivity contribution in [1.29, 1.82) is 0 Å². The van der Waals surface area contributed by atoms with E-state index in [1.54, 1.807) is 4.90 Å². The lowest BCUT2D eigenvalue weighted by atomic mass is 10.00. The first-order chi connectivity index (χ1) is 14.1. The molecule has 4 rings (SSSR count). The van der Waals surface area contributed by atoms with Crippen molar-refractivity contribution < 1.29 is 27.6 Å². The molecule has 2 fully saturated rings. The normalized spacial score (nSPS) is 19.0. The highest BCUT2D eigenvalue weighted by Gasteiger charge is 2.41. The summed E-state index contributed by atoms with van der Waals surface area (Å²) in [5, 5.41) is 11.4. The molecular formula is C18H18F3N3O5S. The molecule has 1 aromatic heterocycles. The van der Waals surface area contributed by atoms with E-state index in [4.69, 9.17) is 9.47 Å². The largest absolute Gasteiger partial charge is 0.416 e. The Bertz CT molecular complexity index is 1060. The molecule has 0 radical (unpaired) electrons. The summed E-state index contributed by atoms with van der Waals surface area (Å²) < 4.78 is 51.7. The van der Waals surface area contributed by atoms with Crippen molar-refractivity contribution in [1.82, 2.24) is 4.98 Å². The van der Waals surface area contributed by atoms with E-state index < -0.39 is 33.7 Å². The van der Waals surface area contributed by atoms with E-state index in [1.807, 2.05) is 0 Å². The standard InChI is InChI=1S/C18H18F3N3O5S/c1-2-10-11(18(19,20)21)9-12(24(26)27)14-13(10)15(25)22-16(30-14)23-5-3-17(4-6-23)28-7-8-29-17/h9H,2-8H2,1H3. The maximum absolute atomic E-state index is 13.5. The SMILES string of the molecule is CCc1c(C(F)(F)F)cc([N+](=O)[O-])c2sc(N3CCC4(CC3)OCCO4)nc(=O)c12. The zero-order chi connectivity index (χ0) is 21.7. The first kappa shape index (κ1) is 20.9. The predicted molar refractivity (Wildman–Crippen MR) is 103 cm³/mol. The van der Waals surface area contributed by atoms with Gasteiger partial charge in [-0.2, -0.15) is 18.2 Å². The Kier molecular flexibility index (Phi) is 5.19. The Labute approximate surface area is 172 Å². The van der Waals surface area contributed by atoms with Crippen LogP contribution in [0.1, 0.15) is 30.9 Å². The summed E-state index contributed by atoms with van der Waals surface area (Å²) in [6.07, 6.45) is -3.86. The Hall–Kier alpha value is -2.31. The van der Waals surface area contributed by atoms with Crippen LogP contribution in [0.25, 0.3) is 10.1 Å². The van der Waals surface area contributed by atoms with Gasteiger partial charge in [0.25, 0.3) is 11.2 Å². The molecule has 0 N–H and O–H groups in total. The number of ether oxygens (including phenoxy) is 2. The summed E-state index contributed by atoms with van der Waals surface area (Å²) in [5.41, 5.74) is -3.07. The molecule has 30 heavy (non-hydrogen) atoms. The minimum atomic E-state index is -4.82. The molecule has 0 amide bonds. The third-order valence-electron chi connectivity index (χ3n) is 5.44. The van der Waals surface area contributed by atoms with Crippen LogP contribution in [-0.2, 0) is 22.1 Å². The molecule has 2 aromatic rings. The van der Waals surface area contributed by atoms with Crippen LogP contribution in [0.2, 0.25) is 0 Å². The minimum Gasteiger partial charge on any atom is -0.348 e. The molecule has 1 aromatic carbocycles. The Morgan fingerprint density at radius 3 is 2.47 bits per heavy atom. The van der Waals surface area contributed by atoms with Gasteiger partial charge in [0, 0.05) is 32.0 Å². The molecule has 0 atom stereocenters. The maximum atomic E-state index is 13.5. The number of fused-ring (bicyclic) bond motifs is 1. The summed E-state index contributed by atoms with van der Waals surface area (Å²) in [6.45, 7) is 3.39. The molecule has 12 heteroatoms. The summed E-state index contributed by atoms with van der Waals surface area (Å²) >= 11 is 0.867. The zero-order valence-corrected chi connectivity index (χ0v) is 16.8. The summed E-state index contributed by atoms with van der Waals surface area (Å²) in [6, 6.07) is 0.520. The molecule has 3 heterocycles. The van der Waals surface area contributed by atoms with Crippen LogP contribution in [0.3, 0.4) is 0 Å². The van der Waals surface area contributed by atoms with Crippen molar-refractivity contribution in [2.24, 2.45) is 0 Å². The van der Waals surface area contributed by atoms with E-state index >= 15 is 0 Å². The Balaban J connectivity index is 1.83. The first-order valence-corrected chi connectivity index (χ1v) is 10.2. The molecule has 0 unspecified atom stereocenters. The molecule has 2 saturated heterocycles. The van der Waals surface area contributed by atoms with Gasteiger partial charge in [0.15, 0.2) is 10.9 Å². The van der Waals surface area contributed by atoms with E-state index in [1.165, 1.54) is 6.92 Å². The Morgan fingerprint density at radius 1 is 1.30 bits per heavy atom. The Morgan fingerprint density at radius 2 is 1.93 bits per heavy atom. The van der Waals surface area contributed by atoms with Crippen molar-refractivity contribution >= 4 is 32.2 Å². The van der Waals surface area contributed by atoms with E-state index in [2.05, 4.69) is 4.98 Å². The number of aryl methyl sites for hydroxylation is 1. The average molecular weight is 445 g/mol. The van der Waals surface area contributed by atoms with Gasteiger partial charge in [-0.25, -0.2) is 0 Å². The van der Waals surface area contributed by atoms with Gasteiger partial charge in [-0.15, -0.1) is 0 Å². The van der Waals surface area contributed by atoms with Crippen LogP contribution in [0.15, 0.2) is 10.9 Å². The van der Waals surface area contributed by atoms with Crippen LogP contribution in [-0.4, -0.2) is 42.0 Å². The number of rotatable bonds is 3. The predicted octanol–water partition coefficient (Wildman–Crippen LogP) is 3.49. The number of anilines is 1. The fraction of sp³-hybridized carbons (Fsp3) is 0.556. The molecule has 8 nitrogen and oxygen atoms in total. The second-order valence-electron chi connectivity index (χ2n) is 7.13. The van der Waals surface area contributed by atoms with Crippen molar-refractivity contribution in [3.63, 3.8) is 0 Å². The lowest BCUT2D eigenvalue weighted by Gasteiger charge is -2.37. The van der Waals surface area contributed by atoms with Gasteiger partial charge in [0.2, 0.25) is 0 Å². The van der Waals surface area contributed by atoms with Crippen molar-refractivity contribution in [2.45, 2.75) is 38.1 Å². The quantitative estimate of drug-likeness (QED) is 0.527. The van der Waals surface area contributed by atoms with Crippen LogP contribution >= 0.6 is 11.3 Å². The number of halogens is 3. The monoisotopic (exact) mass is 445 g/mol. The third-order valence-corrected chi connectivity index (χ3v) is 6.59. The number of alkyl halides is 3. The van der Waals surface area contributed by atoms with Gasteiger partial charge in [0.05, 0.1) is 29.1 Å². The number of piperidine rings is 1. The highest BCUT2D eigenvalue weighted by molar-refractivity contribution is 7.22. The number of hydrogen-bond acceptors (Lipinski definition) is 8. The topological polar surface area (TPSA) is 94.8 Å². The lowest BCUT2D eigenvalue weighted by molar-refractivity contribution is -0.383. The number of hydrogen-bond donors (Lipinski definition) is 0. The van der Waals surface area contributed by atoms with Crippen LogP contribution < -0.4 is 10.5 Å². The number of nitro groups is 1. The van der Waals surface area contributed by atoms with Gasteiger partial charge in [-0.05, 0) is 12.0 Å². The summed E-state index contributed by atoms with van der Waals surface area (Å²) in [5.74, 6) is -0.651. The third kappa shape index (κ3) is 3.52. The zero-order valence-electron chi connectivity index (χ0n) is 16.0. The molecular weight excluding hydrogens is 427 g/mol. The highest BCUT2D eigenvalue weighted by Crippen LogP contribution is 2.42. The van der Waals surface area contributed by atoms with E-state index in [9.17, 15) is 28.1 Å². The second-order valence-corrected chi connectivity index (χ2v) is 8.11. The van der Waals surface area contributed by atoms with Crippen LogP contribution in [0, 0.1) is 10.1 Å². The molecule has 0 bridgehead atoms. The molecule has 0 saturated carbocycles. The summed E-state index contributed by atoms with van der Waals surface area (Å²) in [7, 11) is 0. The smallest absolute Gasteiger partial charge is 0.348 e. The molecule has 0 aliphatic carbocycles. The molecule has 1 spiro atoms. The van der Waals surface area contributed by atoms with Gasteiger partial charge >= 0.3 is 6.18 Å². The highest BCUT2D eigenvalue weighted by atomic mass is 32.1. The summed E-state index contributed by atoms with van der Waals surface area (Å²) in [4.78, 5) is 29.2. The fourth-order valence-electron chi connectivity index (χ4n) is 3.99. The molecule has 162 valence electrons. The lowest BCUT2D eigenvalue weighted by Crippen LogP contribution is -2.45. The molecule has 2 aliphatic rings. The number of benzene rings is 1. The van der Waals surface area contributed by atoms with E-state index in [0.717, 1.165) is 11.3 Å². The van der Waals surface area contributed by atoms with Crippen molar-refractivity contribution in [2.75, 3.05) is 31.2 Å². The fourth-order valence-corrected chi connectivity index (χ4v) is 5.16. The van der Waals surface area contributed by atoms with E-state index in [0.29, 0.717) is 45.2 Å². The van der Waals surface area contributed by atoms with Gasteiger partial charge < -0.3 is 14.4 Å². The van der Waals surface area contributed by atoms with Crippen molar-refractivity contribution in [3.05, 3.63) is 37.7 Å². The number of non-ortho nitro benzene ring substituents is 1. The number of aromatic nitrogens is 1. The first-order valence-electron chi connectivity index (χ1n) is 9.40. The van der Waals surface area contributed by atoms with Crippen LogP contribution in [0.4, 0.5) is 24.0 Å². The van der Waals surface area contributed by atoms with Crippen LogP contribution in [0.5, 0.6) is 0 Å². The number of nitrogens with zero attached hydrogens (tertiary/aromatic N) is 3. The second kappa shape index (κ2) is 7.43. The van der Waals surface area contributed by atoms with E-state index in [-0.39, 0.29) is 27.2 Å². The number of nitro benzene ring substituents is 1. The van der Waals surface area contributed by atoms with Gasteiger partial charge in [0.1, 0.15) is 4.70 Å². The van der Waals surface area contributed by atoms with Gasteiger partial charge in [-0.3, -0.25) is 14.9 Å². The maximum Gasteiger partial charge on any atom is 0.416 e.